The quantitative estimate of drug-likeness (QED) is 0.497. The fraction of sp³-hybridized carbons (Fsp3) is 0.714. The fourth-order valence-corrected chi connectivity index (χ4v) is 3.25. The Morgan fingerprint density at radius 2 is 2.00 bits per heavy atom. The topological polar surface area (TPSA) is 20.3 Å². The molecular formula is C7H15ClNOP. The Bertz CT molecular complexity index is 168. The van der Waals surface area contributed by atoms with E-state index >= 15 is 0 Å². The van der Waals surface area contributed by atoms with E-state index in [4.69, 9.17) is 11.2 Å². The van der Waals surface area contributed by atoms with Gasteiger partial charge in [0.25, 0.3) is 0 Å². The predicted octanol–water partition coefficient (Wildman–Crippen LogP) is 2.95. The fourth-order valence-electron chi connectivity index (χ4n) is 0.921. The van der Waals surface area contributed by atoms with Gasteiger partial charge >= 0.3 is 0 Å². The van der Waals surface area contributed by atoms with Crippen molar-refractivity contribution < 1.29 is 4.57 Å². The molecule has 0 spiro atoms. The normalized spacial score (nSPS) is 16.4. The van der Waals surface area contributed by atoms with Crippen LogP contribution in [0.3, 0.4) is 0 Å². The van der Waals surface area contributed by atoms with E-state index in [2.05, 4.69) is 6.58 Å². The van der Waals surface area contributed by atoms with Crippen LogP contribution >= 0.6 is 17.9 Å². The molecule has 0 aliphatic rings. The number of hydrogen-bond donors (Lipinski definition) is 0. The summed E-state index contributed by atoms with van der Waals surface area (Å²) in [5, 5.41) is 0. The molecule has 0 aliphatic carbocycles. The summed E-state index contributed by atoms with van der Waals surface area (Å²) in [4.78, 5) is 0. The zero-order valence-corrected chi connectivity index (χ0v) is 8.74. The molecule has 0 fully saturated rings. The Hall–Kier alpha value is 0.220. The van der Waals surface area contributed by atoms with Crippen LogP contribution in [-0.2, 0) is 4.57 Å². The summed E-state index contributed by atoms with van der Waals surface area (Å²) in [6.07, 6.45) is 1.99. The van der Waals surface area contributed by atoms with Crippen molar-refractivity contribution in [2.24, 2.45) is 0 Å². The summed E-state index contributed by atoms with van der Waals surface area (Å²) in [5.74, 6) is 0. The van der Waals surface area contributed by atoms with Crippen molar-refractivity contribution in [2.75, 3.05) is 19.3 Å². The Morgan fingerprint density at radius 1 is 1.55 bits per heavy atom. The molecule has 0 heterocycles. The van der Waals surface area contributed by atoms with Gasteiger partial charge in [0.05, 0.1) is 0 Å². The van der Waals surface area contributed by atoms with Crippen molar-refractivity contribution in [1.29, 1.82) is 0 Å². The van der Waals surface area contributed by atoms with Gasteiger partial charge in [-0.25, -0.2) is 4.67 Å². The van der Waals surface area contributed by atoms with Gasteiger partial charge in [-0.2, -0.15) is 0 Å². The molecule has 11 heavy (non-hydrogen) atoms. The zero-order valence-electron chi connectivity index (χ0n) is 7.09. The molecule has 0 saturated heterocycles. The molecule has 66 valence electrons. The van der Waals surface area contributed by atoms with Crippen LogP contribution in [0.15, 0.2) is 12.7 Å². The van der Waals surface area contributed by atoms with Crippen molar-refractivity contribution in [3.63, 3.8) is 0 Å². The van der Waals surface area contributed by atoms with Crippen molar-refractivity contribution in [3.8, 4) is 0 Å². The van der Waals surface area contributed by atoms with E-state index in [1.54, 1.807) is 10.7 Å². The molecule has 0 bridgehead atoms. The van der Waals surface area contributed by atoms with E-state index in [0.717, 1.165) is 13.1 Å². The Morgan fingerprint density at radius 3 is 2.27 bits per heavy atom. The van der Waals surface area contributed by atoms with Gasteiger partial charge < -0.3 is 0 Å². The first kappa shape index (κ1) is 11.2. The summed E-state index contributed by atoms with van der Waals surface area (Å²) in [6.45, 7) is 6.25. The first-order chi connectivity index (χ1) is 5.08. The summed E-state index contributed by atoms with van der Waals surface area (Å²) in [6, 6.07) is 0. The van der Waals surface area contributed by atoms with Gasteiger partial charge in [0.15, 0.2) is 0 Å². The molecule has 1 unspecified atom stereocenters. The summed E-state index contributed by atoms with van der Waals surface area (Å²) >= 11 is 5.81. The molecule has 0 rings (SSSR count). The van der Waals surface area contributed by atoms with Gasteiger partial charge in [-0.1, -0.05) is 19.9 Å². The van der Waals surface area contributed by atoms with Crippen LogP contribution in [0, 0.1) is 0 Å². The molecule has 4 heteroatoms. The smallest absolute Gasteiger partial charge is 0.238 e. The van der Waals surface area contributed by atoms with Crippen molar-refractivity contribution in [1.82, 2.24) is 4.67 Å². The first-order valence-corrected chi connectivity index (χ1v) is 6.48. The van der Waals surface area contributed by atoms with E-state index < -0.39 is 6.65 Å². The van der Waals surface area contributed by atoms with Gasteiger partial charge in [0.1, 0.15) is 0 Å². The van der Waals surface area contributed by atoms with Gasteiger partial charge in [0, 0.05) is 19.3 Å². The maximum atomic E-state index is 11.6. The molecule has 0 aromatic heterocycles. The molecule has 0 aromatic carbocycles. The molecule has 0 aliphatic heterocycles. The lowest BCUT2D eigenvalue weighted by molar-refractivity contribution is 0.457. The minimum Gasteiger partial charge on any atom is -0.289 e. The number of nitrogens with zero attached hydrogens (tertiary/aromatic N) is 1. The van der Waals surface area contributed by atoms with Crippen LogP contribution in [0.4, 0.5) is 0 Å². The highest BCUT2D eigenvalue weighted by Gasteiger charge is 2.22. The van der Waals surface area contributed by atoms with E-state index in [-0.39, 0.29) is 0 Å². The number of halogens is 1. The van der Waals surface area contributed by atoms with Gasteiger partial charge in [-0.3, -0.25) is 4.57 Å². The molecule has 0 amide bonds. The van der Waals surface area contributed by atoms with E-state index in [1.807, 2.05) is 13.8 Å². The summed E-state index contributed by atoms with van der Waals surface area (Å²) in [5.41, 5.74) is 0. The Balaban J connectivity index is 4.24. The average Bonchev–Trinajstić information content (AvgIpc) is 1.89. The first-order valence-electron chi connectivity index (χ1n) is 3.73. The second-order valence-electron chi connectivity index (χ2n) is 2.23. The maximum Gasteiger partial charge on any atom is 0.238 e. The maximum absolute atomic E-state index is 11.6. The molecular weight excluding hydrogens is 181 g/mol. The third-order valence-corrected chi connectivity index (χ3v) is 4.68. The average molecular weight is 196 g/mol. The lowest BCUT2D eigenvalue weighted by Gasteiger charge is -2.22. The lowest BCUT2D eigenvalue weighted by atomic mass is 10.7. The predicted molar refractivity (Wildman–Crippen MR) is 51.4 cm³/mol. The van der Waals surface area contributed by atoms with Crippen molar-refractivity contribution >= 4 is 17.9 Å². The molecule has 1 atom stereocenters. The number of rotatable bonds is 5. The highest BCUT2D eigenvalue weighted by atomic mass is 35.7. The second kappa shape index (κ2) is 4.97. The van der Waals surface area contributed by atoms with Crippen molar-refractivity contribution in [2.45, 2.75) is 13.8 Å². The zero-order chi connectivity index (χ0) is 8.91. The van der Waals surface area contributed by atoms with Gasteiger partial charge in [-0.05, 0) is 11.2 Å². The largest absolute Gasteiger partial charge is 0.289 e. The Kier molecular flexibility index (Phi) is 5.07. The Labute approximate surface area is 73.4 Å². The summed E-state index contributed by atoms with van der Waals surface area (Å²) < 4.78 is 13.4. The van der Waals surface area contributed by atoms with Crippen molar-refractivity contribution in [3.05, 3.63) is 12.7 Å². The molecule has 0 aromatic rings. The van der Waals surface area contributed by atoms with E-state index in [1.165, 1.54) is 0 Å². The van der Waals surface area contributed by atoms with Crippen LogP contribution in [0.2, 0.25) is 0 Å². The third-order valence-electron chi connectivity index (χ3n) is 1.51. The van der Waals surface area contributed by atoms with E-state index in [9.17, 15) is 4.57 Å². The number of allylic oxidation sites excluding steroid dienone is 1. The molecule has 0 saturated carbocycles. The van der Waals surface area contributed by atoms with Crippen LogP contribution in [-0.4, -0.2) is 23.9 Å². The molecule has 0 N–H and O–H groups in total. The van der Waals surface area contributed by atoms with Gasteiger partial charge in [0.2, 0.25) is 6.65 Å². The second-order valence-corrected chi connectivity index (χ2v) is 5.97. The number of hydrogen-bond acceptors (Lipinski definition) is 1. The van der Waals surface area contributed by atoms with Crippen LogP contribution in [0.25, 0.3) is 0 Å². The molecule has 2 nitrogen and oxygen atoms in total. The highest BCUT2D eigenvalue weighted by Crippen LogP contribution is 2.54. The summed E-state index contributed by atoms with van der Waals surface area (Å²) in [7, 11) is 0. The van der Waals surface area contributed by atoms with Crippen LogP contribution < -0.4 is 0 Å². The van der Waals surface area contributed by atoms with Crippen LogP contribution in [0.1, 0.15) is 13.8 Å². The standard InChI is InChI=1S/C7H15ClNOP/c1-4-7-11(8,10)9(5-2)6-3/h4H,1,5-7H2,2-3H3. The SMILES string of the molecule is C=CCP(=O)(Cl)N(CC)CC. The van der Waals surface area contributed by atoms with Crippen LogP contribution in [0.5, 0.6) is 0 Å². The molecule has 0 radical (unpaired) electrons. The lowest BCUT2D eigenvalue weighted by Crippen LogP contribution is -2.18. The van der Waals surface area contributed by atoms with E-state index in [0.29, 0.717) is 6.16 Å². The highest BCUT2D eigenvalue weighted by molar-refractivity contribution is 7.87. The third kappa shape index (κ3) is 3.42. The monoisotopic (exact) mass is 195 g/mol. The minimum absolute atomic E-state index is 0.385. The minimum atomic E-state index is -2.62. The van der Waals surface area contributed by atoms with Gasteiger partial charge in [-0.15, -0.1) is 6.58 Å².